The van der Waals surface area contributed by atoms with Crippen LogP contribution >= 0.6 is 11.6 Å². The molecule has 0 aliphatic carbocycles. The lowest BCUT2D eigenvalue weighted by Gasteiger charge is -2.13. The average molecular weight is 287 g/mol. The maximum absolute atomic E-state index is 5.80. The van der Waals surface area contributed by atoms with Gasteiger partial charge in [0.15, 0.2) is 5.65 Å². The van der Waals surface area contributed by atoms with Gasteiger partial charge in [-0.1, -0.05) is 32.4 Å². The van der Waals surface area contributed by atoms with Gasteiger partial charge in [0.2, 0.25) is 0 Å². The number of rotatable bonds is 1. The van der Waals surface area contributed by atoms with E-state index in [9.17, 15) is 0 Å². The fourth-order valence-electron chi connectivity index (χ4n) is 1.94. The zero-order chi connectivity index (χ0) is 14.3. The molecule has 0 atom stereocenters. The highest BCUT2D eigenvalue weighted by Crippen LogP contribution is 2.23. The van der Waals surface area contributed by atoms with Crippen molar-refractivity contribution in [2.45, 2.75) is 26.2 Å². The number of hydrogen-bond donors (Lipinski definition) is 0. The maximum Gasteiger partial charge on any atom is 0.155 e. The van der Waals surface area contributed by atoms with E-state index in [2.05, 4.69) is 35.8 Å². The Labute approximate surface area is 122 Å². The van der Waals surface area contributed by atoms with Gasteiger partial charge in [-0.2, -0.15) is 5.10 Å². The summed E-state index contributed by atoms with van der Waals surface area (Å²) < 4.78 is 1.81. The summed E-state index contributed by atoms with van der Waals surface area (Å²) >= 11 is 5.80. The largest absolute Gasteiger partial charge is 0.244 e. The first-order chi connectivity index (χ1) is 9.43. The number of fused-ring (bicyclic) bond motifs is 1. The smallest absolute Gasteiger partial charge is 0.155 e. The Morgan fingerprint density at radius 2 is 1.80 bits per heavy atom. The van der Waals surface area contributed by atoms with Crippen molar-refractivity contribution in [2.75, 3.05) is 0 Å². The van der Waals surface area contributed by atoms with Gasteiger partial charge < -0.3 is 0 Å². The molecule has 0 aliphatic rings. The summed E-state index contributed by atoms with van der Waals surface area (Å²) in [7, 11) is 0. The summed E-state index contributed by atoms with van der Waals surface area (Å²) in [6.07, 6.45) is 5.52. The molecular weight excluding hydrogens is 272 g/mol. The van der Waals surface area contributed by atoms with Gasteiger partial charge in [0, 0.05) is 41.2 Å². The Bertz CT molecular complexity index is 754. The van der Waals surface area contributed by atoms with E-state index in [-0.39, 0.29) is 5.41 Å². The van der Waals surface area contributed by atoms with Gasteiger partial charge in [0.1, 0.15) is 5.15 Å². The van der Waals surface area contributed by atoms with E-state index in [4.69, 9.17) is 11.6 Å². The molecule has 0 radical (unpaired) electrons. The average Bonchev–Trinajstić information content (AvgIpc) is 2.82. The summed E-state index contributed by atoms with van der Waals surface area (Å²) in [5, 5.41) is 5.08. The van der Waals surface area contributed by atoms with Gasteiger partial charge in [-0.3, -0.25) is 0 Å². The molecule has 102 valence electrons. The number of nitrogens with zero attached hydrogens (tertiary/aromatic N) is 4. The Balaban J connectivity index is 2.08. The van der Waals surface area contributed by atoms with Gasteiger partial charge in [-0.05, 0) is 12.1 Å². The lowest BCUT2D eigenvalue weighted by Crippen LogP contribution is -2.11. The lowest BCUT2D eigenvalue weighted by atomic mass is 9.93. The monoisotopic (exact) mass is 286 g/mol. The first kappa shape index (κ1) is 13.1. The molecule has 5 heteroatoms. The highest BCUT2D eigenvalue weighted by atomic mass is 35.5. The minimum atomic E-state index is 0.00961. The predicted octanol–water partition coefficient (Wildman–Crippen LogP) is 3.74. The van der Waals surface area contributed by atoms with E-state index in [1.807, 2.05) is 29.0 Å². The van der Waals surface area contributed by atoms with E-state index in [1.54, 1.807) is 12.3 Å². The van der Waals surface area contributed by atoms with Crippen LogP contribution in [0, 0.1) is 0 Å². The highest BCUT2D eigenvalue weighted by Gasteiger charge is 2.18. The molecule has 0 N–H and O–H groups in total. The SMILES string of the molecule is CC(C)(C)c1cc2ncc(-c3ccc(Cl)nc3)cn2n1. The second-order valence-corrected chi connectivity index (χ2v) is 6.18. The van der Waals surface area contributed by atoms with Crippen LogP contribution in [0.5, 0.6) is 0 Å². The van der Waals surface area contributed by atoms with Crippen molar-refractivity contribution < 1.29 is 0 Å². The standard InChI is InChI=1S/C15H15ClN4/c1-15(2,3)12-6-14-18-8-11(9-20(14)19-12)10-4-5-13(16)17-7-10/h4-9H,1-3H3. The highest BCUT2D eigenvalue weighted by molar-refractivity contribution is 6.29. The Morgan fingerprint density at radius 3 is 2.45 bits per heavy atom. The number of hydrogen-bond acceptors (Lipinski definition) is 3. The lowest BCUT2D eigenvalue weighted by molar-refractivity contribution is 0.562. The topological polar surface area (TPSA) is 43.1 Å². The molecule has 20 heavy (non-hydrogen) atoms. The normalized spacial score (nSPS) is 12.0. The molecule has 0 bridgehead atoms. The van der Waals surface area contributed by atoms with Crippen LogP contribution < -0.4 is 0 Å². The summed E-state index contributed by atoms with van der Waals surface area (Å²) in [6, 6.07) is 5.71. The number of pyridine rings is 1. The van der Waals surface area contributed by atoms with Crippen molar-refractivity contribution in [1.82, 2.24) is 19.6 Å². The molecule has 0 amide bonds. The van der Waals surface area contributed by atoms with E-state index < -0.39 is 0 Å². The number of aromatic nitrogens is 4. The van der Waals surface area contributed by atoms with Gasteiger partial charge in [-0.25, -0.2) is 14.5 Å². The van der Waals surface area contributed by atoms with Crippen molar-refractivity contribution >= 4 is 17.2 Å². The van der Waals surface area contributed by atoms with Crippen LogP contribution in [0.3, 0.4) is 0 Å². The second kappa shape index (κ2) is 4.56. The fourth-order valence-corrected chi connectivity index (χ4v) is 2.05. The predicted molar refractivity (Wildman–Crippen MR) is 79.9 cm³/mol. The molecule has 0 spiro atoms. The van der Waals surface area contributed by atoms with Crippen LogP contribution in [0.15, 0.2) is 36.8 Å². The van der Waals surface area contributed by atoms with Crippen LogP contribution in [-0.2, 0) is 5.41 Å². The molecule has 3 aromatic heterocycles. The Morgan fingerprint density at radius 1 is 1.05 bits per heavy atom. The first-order valence-electron chi connectivity index (χ1n) is 6.41. The second-order valence-electron chi connectivity index (χ2n) is 5.79. The Hall–Kier alpha value is -1.94. The van der Waals surface area contributed by atoms with Crippen LogP contribution in [0.25, 0.3) is 16.8 Å². The zero-order valence-electron chi connectivity index (χ0n) is 11.6. The van der Waals surface area contributed by atoms with Crippen LogP contribution in [0.1, 0.15) is 26.5 Å². The van der Waals surface area contributed by atoms with Crippen molar-refractivity contribution in [3.05, 3.63) is 47.6 Å². The quantitative estimate of drug-likeness (QED) is 0.640. The van der Waals surface area contributed by atoms with Crippen LogP contribution in [-0.4, -0.2) is 19.6 Å². The molecular formula is C15H15ClN4. The third-order valence-corrected chi connectivity index (χ3v) is 3.37. The van der Waals surface area contributed by atoms with Crippen molar-refractivity contribution in [3.8, 4) is 11.1 Å². The molecule has 3 aromatic rings. The van der Waals surface area contributed by atoms with E-state index in [1.165, 1.54) is 0 Å². The minimum Gasteiger partial charge on any atom is -0.244 e. The van der Waals surface area contributed by atoms with Crippen LogP contribution in [0.2, 0.25) is 5.15 Å². The molecule has 0 saturated carbocycles. The molecule has 3 heterocycles. The third kappa shape index (κ3) is 2.39. The molecule has 0 fully saturated rings. The molecule has 0 saturated heterocycles. The molecule has 0 aliphatic heterocycles. The van der Waals surface area contributed by atoms with Crippen molar-refractivity contribution in [3.63, 3.8) is 0 Å². The Kier molecular flexibility index (Phi) is 2.98. The van der Waals surface area contributed by atoms with E-state index >= 15 is 0 Å². The van der Waals surface area contributed by atoms with Gasteiger partial charge >= 0.3 is 0 Å². The van der Waals surface area contributed by atoms with Crippen molar-refractivity contribution in [2.24, 2.45) is 0 Å². The van der Waals surface area contributed by atoms with Crippen LogP contribution in [0.4, 0.5) is 0 Å². The summed E-state index contributed by atoms with van der Waals surface area (Å²) in [6.45, 7) is 6.41. The van der Waals surface area contributed by atoms with Gasteiger partial charge in [-0.15, -0.1) is 0 Å². The summed E-state index contributed by atoms with van der Waals surface area (Å²) in [5.41, 5.74) is 3.81. The molecule has 3 rings (SSSR count). The maximum atomic E-state index is 5.80. The first-order valence-corrected chi connectivity index (χ1v) is 6.79. The van der Waals surface area contributed by atoms with E-state index in [0.717, 1.165) is 22.5 Å². The molecule has 4 nitrogen and oxygen atoms in total. The third-order valence-electron chi connectivity index (χ3n) is 3.14. The van der Waals surface area contributed by atoms with Crippen molar-refractivity contribution in [1.29, 1.82) is 0 Å². The molecule has 0 aromatic carbocycles. The van der Waals surface area contributed by atoms with Gasteiger partial charge in [0.25, 0.3) is 0 Å². The summed E-state index contributed by atoms with van der Waals surface area (Å²) in [5.74, 6) is 0. The zero-order valence-corrected chi connectivity index (χ0v) is 12.4. The van der Waals surface area contributed by atoms with Gasteiger partial charge in [0.05, 0.1) is 5.69 Å². The fraction of sp³-hybridized carbons (Fsp3) is 0.267. The summed E-state index contributed by atoms with van der Waals surface area (Å²) in [4.78, 5) is 8.54. The molecule has 0 unspecified atom stereocenters. The number of halogens is 1. The minimum absolute atomic E-state index is 0.00961. The van der Waals surface area contributed by atoms with E-state index in [0.29, 0.717) is 5.15 Å².